The molecule has 9 heteroatoms. The van der Waals surface area contributed by atoms with Gasteiger partial charge in [-0.1, -0.05) is 54.7 Å². The number of hydrogen-bond donors (Lipinski definition) is 0. The van der Waals surface area contributed by atoms with Crippen molar-refractivity contribution in [2.45, 2.75) is 53.2 Å². The first-order valence-electron chi connectivity index (χ1n) is 14.5. The van der Waals surface area contributed by atoms with E-state index in [2.05, 4.69) is 6.92 Å². The standard InChI is InChI=1S/C34H36N2O6S/c1-7-17-41-26-15-13-22-11-9-10-12-24(22)25(26)19-29-32(37)36-31(23-14-16-27(42-20(3)4)28(18-23)39-6)30(33(38)40-8-2)21(5)35-34(36)43-29/h9-16,18-20,31H,7-8,17H2,1-6H3. The minimum atomic E-state index is -0.775. The number of allylic oxidation sites excluding steroid dienone is 1. The van der Waals surface area contributed by atoms with Gasteiger partial charge in [0, 0.05) is 5.56 Å². The lowest BCUT2D eigenvalue weighted by atomic mass is 9.95. The maximum atomic E-state index is 14.3. The molecule has 1 aromatic heterocycles. The van der Waals surface area contributed by atoms with E-state index in [0.29, 0.717) is 50.0 Å². The summed E-state index contributed by atoms with van der Waals surface area (Å²) in [6.07, 6.45) is 2.67. The number of ether oxygens (including phenoxy) is 4. The van der Waals surface area contributed by atoms with Crippen molar-refractivity contribution in [1.82, 2.24) is 4.57 Å². The summed E-state index contributed by atoms with van der Waals surface area (Å²) in [5, 5.41) is 2.02. The zero-order valence-electron chi connectivity index (χ0n) is 25.3. The molecular formula is C34H36N2O6S. The summed E-state index contributed by atoms with van der Waals surface area (Å²) in [4.78, 5) is 32.8. The smallest absolute Gasteiger partial charge is 0.338 e. The molecule has 0 spiro atoms. The molecule has 2 heterocycles. The minimum Gasteiger partial charge on any atom is -0.493 e. The van der Waals surface area contributed by atoms with E-state index in [-0.39, 0.29) is 18.3 Å². The Hall–Kier alpha value is -4.37. The summed E-state index contributed by atoms with van der Waals surface area (Å²) in [6.45, 7) is 10.2. The van der Waals surface area contributed by atoms with Gasteiger partial charge >= 0.3 is 5.97 Å². The Balaban J connectivity index is 1.75. The van der Waals surface area contributed by atoms with Crippen molar-refractivity contribution >= 4 is 34.2 Å². The van der Waals surface area contributed by atoms with Crippen LogP contribution in [0.3, 0.4) is 0 Å². The number of thiazole rings is 1. The van der Waals surface area contributed by atoms with Crippen LogP contribution in [-0.2, 0) is 9.53 Å². The third kappa shape index (κ3) is 5.95. The SMILES string of the molecule is CCCOc1ccc2ccccc2c1C=c1sc2n(c1=O)C(c1ccc(OC(C)C)c(OC)c1)C(C(=O)OCC)=C(C)N=2. The highest BCUT2D eigenvalue weighted by molar-refractivity contribution is 7.07. The molecule has 1 aliphatic rings. The molecule has 0 N–H and O–H groups in total. The number of benzene rings is 3. The van der Waals surface area contributed by atoms with E-state index in [1.807, 2.05) is 62.4 Å². The number of carbonyl (C=O) groups is 1. The second-order valence-corrected chi connectivity index (χ2v) is 11.4. The monoisotopic (exact) mass is 600 g/mol. The Bertz CT molecular complexity index is 1890. The van der Waals surface area contributed by atoms with Crippen LogP contribution in [0.15, 0.2) is 75.7 Å². The molecule has 8 nitrogen and oxygen atoms in total. The minimum absolute atomic E-state index is 0.0603. The maximum Gasteiger partial charge on any atom is 0.338 e. The molecule has 1 aliphatic heterocycles. The lowest BCUT2D eigenvalue weighted by Crippen LogP contribution is -2.40. The predicted octanol–water partition coefficient (Wildman–Crippen LogP) is 5.54. The molecular weight excluding hydrogens is 564 g/mol. The van der Waals surface area contributed by atoms with Gasteiger partial charge in [-0.05, 0) is 74.7 Å². The molecule has 0 saturated heterocycles. The lowest BCUT2D eigenvalue weighted by molar-refractivity contribution is -0.139. The average Bonchev–Trinajstić information content (AvgIpc) is 3.29. The first kappa shape index (κ1) is 30.1. The quantitative estimate of drug-likeness (QED) is 0.222. The largest absolute Gasteiger partial charge is 0.493 e. The van der Waals surface area contributed by atoms with Crippen LogP contribution in [0.2, 0.25) is 0 Å². The van der Waals surface area contributed by atoms with Gasteiger partial charge in [-0.3, -0.25) is 9.36 Å². The first-order chi connectivity index (χ1) is 20.8. The number of nitrogens with zero attached hydrogens (tertiary/aromatic N) is 2. The van der Waals surface area contributed by atoms with Gasteiger partial charge in [0.1, 0.15) is 5.75 Å². The van der Waals surface area contributed by atoms with Gasteiger partial charge in [0.15, 0.2) is 16.3 Å². The highest BCUT2D eigenvalue weighted by Gasteiger charge is 2.34. The fourth-order valence-corrected chi connectivity index (χ4v) is 6.23. The molecule has 1 atom stereocenters. The van der Waals surface area contributed by atoms with E-state index in [0.717, 1.165) is 22.8 Å². The highest BCUT2D eigenvalue weighted by Crippen LogP contribution is 2.37. The number of aromatic nitrogens is 1. The Morgan fingerprint density at radius 2 is 1.84 bits per heavy atom. The number of carbonyl (C=O) groups excluding carboxylic acids is 1. The van der Waals surface area contributed by atoms with Gasteiger partial charge < -0.3 is 18.9 Å². The zero-order valence-corrected chi connectivity index (χ0v) is 26.1. The van der Waals surface area contributed by atoms with Crippen molar-refractivity contribution in [3.63, 3.8) is 0 Å². The summed E-state index contributed by atoms with van der Waals surface area (Å²) < 4.78 is 25.2. The Morgan fingerprint density at radius 3 is 2.56 bits per heavy atom. The highest BCUT2D eigenvalue weighted by atomic mass is 32.1. The van der Waals surface area contributed by atoms with Crippen LogP contribution in [0.25, 0.3) is 16.8 Å². The molecule has 0 saturated carbocycles. The number of hydrogen-bond acceptors (Lipinski definition) is 8. The molecule has 5 rings (SSSR count). The first-order valence-corrected chi connectivity index (χ1v) is 15.3. The van der Waals surface area contributed by atoms with Gasteiger partial charge in [0.05, 0.1) is 48.3 Å². The van der Waals surface area contributed by atoms with Crippen LogP contribution >= 0.6 is 11.3 Å². The molecule has 224 valence electrons. The molecule has 4 aromatic rings. The van der Waals surface area contributed by atoms with Crippen LogP contribution in [0, 0.1) is 0 Å². The summed E-state index contributed by atoms with van der Waals surface area (Å²) in [7, 11) is 1.56. The van der Waals surface area contributed by atoms with E-state index in [1.165, 1.54) is 11.3 Å². The number of rotatable bonds is 10. The fraction of sp³-hybridized carbons (Fsp3) is 0.324. The molecule has 0 aliphatic carbocycles. The van der Waals surface area contributed by atoms with Gasteiger partial charge in [-0.25, -0.2) is 9.79 Å². The van der Waals surface area contributed by atoms with Crippen molar-refractivity contribution in [2.24, 2.45) is 4.99 Å². The lowest BCUT2D eigenvalue weighted by Gasteiger charge is -2.25. The third-order valence-corrected chi connectivity index (χ3v) is 8.03. The van der Waals surface area contributed by atoms with Crippen molar-refractivity contribution in [3.05, 3.63) is 96.7 Å². The summed E-state index contributed by atoms with van der Waals surface area (Å²) in [6, 6.07) is 16.7. The van der Waals surface area contributed by atoms with Crippen LogP contribution in [-0.4, -0.2) is 37.0 Å². The fourth-order valence-electron chi connectivity index (χ4n) is 5.21. The van der Waals surface area contributed by atoms with Gasteiger partial charge in [0.2, 0.25) is 0 Å². The molecule has 0 fully saturated rings. The molecule has 43 heavy (non-hydrogen) atoms. The van der Waals surface area contributed by atoms with E-state index >= 15 is 0 Å². The molecule has 0 bridgehead atoms. The third-order valence-electron chi connectivity index (χ3n) is 7.05. The van der Waals surface area contributed by atoms with E-state index in [1.54, 1.807) is 37.7 Å². The average molecular weight is 601 g/mol. The molecule has 0 radical (unpaired) electrons. The number of methoxy groups -OCH3 is 1. The van der Waals surface area contributed by atoms with E-state index in [9.17, 15) is 9.59 Å². The van der Waals surface area contributed by atoms with Crippen molar-refractivity contribution in [2.75, 3.05) is 20.3 Å². The van der Waals surface area contributed by atoms with Crippen LogP contribution < -0.4 is 29.1 Å². The predicted molar refractivity (Wildman–Crippen MR) is 169 cm³/mol. The molecule has 1 unspecified atom stereocenters. The topological polar surface area (TPSA) is 88.3 Å². The summed E-state index contributed by atoms with van der Waals surface area (Å²) >= 11 is 1.28. The van der Waals surface area contributed by atoms with Gasteiger partial charge in [-0.15, -0.1) is 0 Å². The number of fused-ring (bicyclic) bond motifs is 2. The number of esters is 1. The van der Waals surface area contributed by atoms with Crippen LogP contribution in [0.5, 0.6) is 17.2 Å². The zero-order chi connectivity index (χ0) is 30.7. The Labute approximate surface area is 254 Å². The van der Waals surface area contributed by atoms with Crippen molar-refractivity contribution in [1.29, 1.82) is 0 Å². The molecule has 0 amide bonds. The Morgan fingerprint density at radius 1 is 1.07 bits per heavy atom. The van der Waals surface area contributed by atoms with Crippen LogP contribution in [0.4, 0.5) is 0 Å². The maximum absolute atomic E-state index is 14.3. The molecule has 3 aromatic carbocycles. The second-order valence-electron chi connectivity index (χ2n) is 10.4. The summed E-state index contributed by atoms with van der Waals surface area (Å²) in [5.74, 6) is 1.26. The summed E-state index contributed by atoms with van der Waals surface area (Å²) in [5.41, 5.74) is 2.04. The van der Waals surface area contributed by atoms with Gasteiger partial charge in [-0.2, -0.15) is 0 Å². The van der Waals surface area contributed by atoms with E-state index in [4.69, 9.17) is 23.9 Å². The van der Waals surface area contributed by atoms with Crippen molar-refractivity contribution < 1.29 is 23.7 Å². The van der Waals surface area contributed by atoms with Crippen molar-refractivity contribution in [3.8, 4) is 17.2 Å². The second kappa shape index (κ2) is 12.9. The van der Waals surface area contributed by atoms with E-state index < -0.39 is 12.0 Å². The van der Waals surface area contributed by atoms with Crippen LogP contribution in [0.1, 0.15) is 58.2 Å². The normalized spacial score (nSPS) is 15.0. The van der Waals surface area contributed by atoms with Gasteiger partial charge in [0.25, 0.3) is 5.56 Å². The Kier molecular flexibility index (Phi) is 9.01.